The van der Waals surface area contributed by atoms with Gasteiger partial charge in [-0.1, -0.05) is 30.3 Å². The lowest BCUT2D eigenvalue weighted by atomic mass is 9.90. The lowest BCUT2D eigenvalue weighted by Crippen LogP contribution is -2.49. The summed E-state index contributed by atoms with van der Waals surface area (Å²) in [7, 11) is 2.10. The van der Waals surface area contributed by atoms with Crippen LogP contribution in [0.25, 0.3) is 11.0 Å². The van der Waals surface area contributed by atoms with Crippen molar-refractivity contribution < 1.29 is 14.7 Å². The van der Waals surface area contributed by atoms with Crippen molar-refractivity contribution in [3.8, 4) is 0 Å². The fraction of sp³-hybridized carbons (Fsp3) is 0.417. The number of nitrogens with one attached hydrogen (secondary N) is 2. The number of carbonyl (C=O) groups is 2. The van der Waals surface area contributed by atoms with Crippen LogP contribution in [0.1, 0.15) is 48.7 Å². The number of nitrogens with two attached hydrogens (primary N) is 2. The lowest BCUT2D eigenvalue weighted by molar-refractivity contribution is -0.144. The van der Waals surface area contributed by atoms with Crippen molar-refractivity contribution in [2.24, 2.45) is 5.73 Å². The van der Waals surface area contributed by atoms with Gasteiger partial charge in [0.2, 0.25) is 0 Å². The molecule has 0 radical (unpaired) electrons. The number of imidazole rings is 1. The second kappa shape index (κ2) is 15.2. The maximum absolute atomic E-state index is 12.6. The minimum absolute atomic E-state index is 0.0619. The third-order valence-electron chi connectivity index (χ3n) is 9.94. The number of aromatic nitrogens is 2. The van der Waals surface area contributed by atoms with Crippen LogP contribution in [-0.2, 0) is 23.2 Å². The van der Waals surface area contributed by atoms with Gasteiger partial charge >= 0.3 is 12.0 Å². The Labute approximate surface area is 303 Å². The second-order valence-corrected chi connectivity index (χ2v) is 15.0. The predicted octanol–water partition coefficient (Wildman–Crippen LogP) is 5.72. The van der Waals surface area contributed by atoms with E-state index in [-0.39, 0.29) is 18.5 Å². The molecule has 2 fully saturated rings. The van der Waals surface area contributed by atoms with Crippen molar-refractivity contribution in [3.63, 3.8) is 0 Å². The van der Waals surface area contributed by atoms with Crippen LogP contribution in [0, 0.1) is 0 Å². The van der Waals surface area contributed by atoms with Gasteiger partial charge in [0.25, 0.3) is 0 Å². The van der Waals surface area contributed by atoms with Gasteiger partial charge in [-0.2, -0.15) is 0 Å². The summed E-state index contributed by atoms with van der Waals surface area (Å²) < 4.78 is 3.44. The summed E-state index contributed by atoms with van der Waals surface area (Å²) >= 11 is 6.88. The average molecular weight is 797 g/mol. The van der Waals surface area contributed by atoms with Crippen LogP contribution in [0.5, 0.6) is 0 Å². The number of hydrogen-bond donors (Lipinski definition) is 5. The maximum atomic E-state index is 12.6. The molecule has 3 aromatic carbocycles. The maximum Gasteiger partial charge on any atom is 0.331 e. The molecule has 13 heteroatoms. The van der Waals surface area contributed by atoms with Gasteiger partial charge in [0.15, 0.2) is 5.54 Å². The molecule has 0 aliphatic carbocycles. The van der Waals surface area contributed by atoms with E-state index in [1.165, 1.54) is 5.56 Å². The highest BCUT2D eigenvalue weighted by Crippen LogP contribution is 2.36. The summed E-state index contributed by atoms with van der Waals surface area (Å²) in [6.07, 6.45) is 4.97. The number of amides is 2. The number of carboxylic acids is 1. The smallest absolute Gasteiger partial charge is 0.331 e. The largest absolute Gasteiger partial charge is 0.480 e. The molecular formula is C36H44Br2N8O3. The number of para-hydroxylation sites is 3. The third-order valence-corrected chi connectivity index (χ3v) is 11.3. The summed E-state index contributed by atoms with van der Waals surface area (Å²) in [5.41, 5.74) is 16.2. The van der Waals surface area contributed by atoms with Gasteiger partial charge in [-0.25, -0.2) is 14.6 Å². The van der Waals surface area contributed by atoms with Crippen LogP contribution >= 0.6 is 31.9 Å². The number of hydrogen-bond acceptors (Lipinski definition) is 7. The molecular weight excluding hydrogens is 752 g/mol. The standard InChI is InChI=1S/C22H25Br2N5O2.C14H19N3O/c1-28-8-6-14(7-9-28)29-18-5-3-2-4-17(18)27-20(29)22(26,21(30)31)12-13-10-15(23)19(25)16(24)11-13;18-14-16-13-4-2-1-3-11(13)7-10-17(14)12-5-8-15-9-6-12/h2-5,10-11,14H,6-9,12,25-26H2,1H3,(H,30,31);1-4,12,15H,5-10H2,(H,16,18)/t22-;/m1./s1. The van der Waals surface area contributed by atoms with Crippen LogP contribution in [0.2, 0.25) is 0 Å². The van der Waals surface area contributed by atoms with Crippen LogP contribution in [0.15, 0.2) is 69.6 Å². The monoisotopic (exact) mass is 794 g/mol. The van der Waals surface area contributed by atoms with Crippen molar-refractivity contribution >= 4 is 66.3 Å². The Bertz CT molecular complexity index is 1800. The molecule has 49 heavy (non-hydrogen) atoms. The van der Waals surface area contributed by atoms with E-state index in [0.29, 0.717) is 26.5 Å². The van der Waals surface area contributed by atoms with E-state index in [1.54, 1.807) is 0 Å². The zero-order valence-electron chi connectivity index (χ0n) is 27.7. The van der Waals surface area contributed by atoms with E-state index in [9.17, 15) is 14.7 Å². The van der Waals surface area contributed by atoms with Crippen LogP contribution in [0.3, 0.4) is 0 Å². The number of rotatable bonds is 6. The average Bonchev–Trinajstić information content (AvgIpc) is 3.40. The molecule has 4 aromatic rings. The quantitative estimate of drug-likeness (QED) is 0.155. The zero-order valence-corrected chi connectivity index (χ0v) is 30.8. The van der Waals surface area contributed by atoms with Crippen molar-refractivity contribution in [3.05, 3.63) is 86.6 Å². The molecule has 3 aliphatic heterocycles. The molecule has 7 N–H and O–H groups in total. The molecule has 0 bridgehead atoms. The van der Waals surface area contributed by atoms with E-state index >= 15 is 0 Å². The molecule has 2 amide bonds. The number of anilines is 2. The molecule has 0 unspecified atom stereocenters. The van der Waals surface area contributed by atoms with Crippen LogP contribution < -0.4 is 22.1 Å². The number of likely N-dealkylation sites (tertiary alicyclic amines) is 1. The Kier molecular flexibility index (Phi) is 10.9. The molecule has 1 atom stereocenters. The Morgan fingerprint density at radius 1 is 0.980 bits per heavy atom. The molecule has 0 saturated carbocycles. The van der Waals surface area contributed by atoms with Gasteiger partial charge in [0.1, 0.15) is 5.82 Å². The van der Waals surface area contributed by atoms with Gasteiger partial charge in [-0.05, 0) is 139 Å². The topological polar surface area (TPSA) is 155 Å². The number of benzene rings is 3. The predicted molar refractivity (Wildman–Crippen MR) is 201 cm³/mol. The number of aliphatic carboxylic acids is 1. The SMILES string of the molecule is CN1CCC(n2c([C@](N)(Cc3cc(Br)c(N)c(Br)c3)C(=O)O)nc3ccccc32)CC1.O=C1Nc2ccccc2CCN1C1CCNCC1. The molecule has 11 nitrogen and oxygen atoms in total. The first kappa shape index (κ1) is 35.3. The van der Waals surface area contributed by atoms with Crippen molar-refractivity contribution in [1.29, 1.82) is 0 Å². The van der Waals surface area contributed by atoms with E-state index in [2.05, 4.69) is 65.1 Å². The highest BCUT2D eigenvalue weighted by molar-refractivity contribution is 9.11. The molecule has 4 heterocycles. The van der Waals surface area contributed by atoms with Gasteiger partial charge in [0, 0.05) is 39.7 Å². The number of nitrogens with zero attached hydrogens (tertiary/aromatic N) is 4. The first-order valence-electron chi connectivity index (χ1n) is 16.8. The van der Waals surface area contributed by atoms with E-state index in [1.807, 2.05) is 59.5 Å². The van der Waals surface area contributed by atoms with Gasteiger partial charge < -0.3 is 41.6 Å². The number of carbonyl (C=O) groups excluding carboxylic acids is 1. The molecule has 2 saturated heterocycles. The van der Waals surface area contributed by atoms with Crippen LogP contribution in [-0.4, -0.2) is 82.3 Å². The van der Waals surface area contributed by atoms with Gasteiger partial charge in [-0.3, -0.25) is 0 Å². The van der Waals surface area contributed by atoms with E-state index in [4.69, 9.17) is 16.5 Å². The van der Waals surface area contributed by atoms with Gasteiger partial charge in [-0.15, -0.1) is 0 Å². The summed E-state index contributed by atoms with van der Waals surface area (Å²) in [5.74, 6) is -0.721. The molecule has 1 aromatic heterocycles. The lowest BCUT2D eigenvalue weighted by Gasteiger charge is -2.34. The van der Waals surface area contributed by atoms with E-state index in [0.717, 1.165) is 87.1 Å². The first-order valence-corrected chi connectivity index (χ1v) is 18.4. The number of nitrogen functional groups attached to an aromatic ring is 1. The Morgan fingerprint density at radius 2 is 1.63 bits per heavy atom. The van der Waals surface area contributed by atoms with Crippen molar-refractivity contribution in [2.45, 2.75) is 56.1 Å². The number of urea groups is 1. The number of halogens is 2. The first-order chi connectivity index (χ1) is 23.5. The minimum Gasteiger partial charge on any atom is -0.480 e. The minimum atomic E-state index is -1.70. The summed E-state index contributed by atoms with van der Waals surface area (Å²) in [5, 5.41) is 16.7. The highest BCUT2D eigenvalue weighted by atomic mass is 79.9. The fourth-order valence-corrected chi connectivity index (χ4v) is 8.43. The third kappa shape index (κ3) is 7.65. The van der Waals surface area contributed by atoms with Crippen molar-refractivity contribution in [2.75, 3.05) is 50.8 Å². The van der Waals surface area contributed by atoms with Crippen LogP contribution in [0.4, 0.5) is 16.2 Å². The molecule has 3 aliphatic rings. The molecule has 7 rings (SSSR count). The summed E-state index contributed by atoms with van der Waals surface area (Å²) in [6.45, 7) is 4.74. The normalized spacial score (nSPS) is 18.9. The van der Waals surface area contributed by atoms with Gasteiger partial charge in [0.05, 0.1) is 16.7 Å². The second-order valence-electron chi connectivity index (χ2n) is 13.3. The van der Waals surface area contributed by atoms with Crippen molar-refractivity contribution in [1.82, 2.24) is 24.7 Å². The Morgan fingerprint density at radius 3 is 2.33 bits per heavy atom. The Balaban J connectivity index is 0.000000195. The highest BCUT2D eigenvalue weighted by Gasteiger charge is 2.43. The number of fused-ring (bicyclic) bond motifs is 2. The zero-order chi connectivity index (χ0) is 34.7. The van der Waals surface area contributed by atoms with E-state index < -0.39 is 11.5 Å². The fourth-order valence-electron chi connectivity index (χ4n) is 7.15. The Hall–Kier alpha value is -3.49. The number of carboxylic acid groups (broad SMARTS) is 1. The molecule has 260 valence electrons. The number of piperidine rings is 2. The summed E-state index contributed by atoms with van der Waals surface area (Å²) in [4.78, 5) is 33.9. The molecule has 0 spiro atoms. The summed E-state index contributed by atoms with van der Waals surface area (Å²) in [6, 6.07) is 20.1.